The van der Waals surface area contributed by atoms with E-state index in [1.807, 2.05) is 13.8 Å². The summed E-state index contributed by atoms with van der Waals surface area (Å²) < 4.78 is 29.6. The Balaban J connectivity index is 1.16. The van der Waals surface area contributed by atoms with Crippen molar-refractivity contribution in [1.29, 1.82) is 0 Å². The predicted octanol–water partition coefficient (Wildman–Crippen LogP) is 0.0474. The van der Waals surface area contributed by atoms with Gasteiger partial charge in [-0.15, -0.1) is 0 Å². The zero-order valence-corrected chi connectivity index (χ0v) is 31.6. The maximum atomic E-state index is 12.7. The average Bonchev–Trinajstić information content (AvgIpc) is 3.38. The molecule has 0 amide bonds. The quantitative estimate of drug-likeness (QED) is 0.144. The third-order valence-corrected chi connectivity index (χ3v) is 14.9. The molecule has 0 unspecified atom stereocenters. The van der Waals surface area contributed by atoms with Gasteiger partial charge < -0.3 is 69.6 Å². The highest BCUT2D eigenvalue weighted by atomic mass is 16.8. The fraction of sp³-hybridized carbons (Fsp3) is 1.00. The number of rotatable bonds is 10. The number of aliphatic hydroxyl groups excluding tert-OH is 8. The predicted molar refractivity (Wildman–Crippen MR) is 184 cm³/mol. The van der Waals surface area contributed by atoms with Crippen LogP contribution in [0.4, 0.5) is 0 Å². The van der Waals surface area contributed by atoms with Gasteiger partial charge in [0.15, 0.2) is 12.6 Å². The Kier molecular flexibility index (Phi) is 12.2. The zero-order valence-electron chi connectivity index (χ0n) is 31.6. The third-order valence-electron chi connectivity index (χ3n) is 14.9. The van der Waals surface area contributed by atoms with Gasteiger partial charge >= 0.3 is 0 Å². The highest BCUT2D eigenvalue weighted by Crippen LogP contribution is 2.69. The van der Waals surface area contributed by atoms with Crippen LogP contribution >= 0.6 is 0 Å². The van der Waals surface area contributed by atoms with E-state index in [0.29, 0.717) is 38.5 Å². The molecule has 6 rings (SSSR count). The number of fused-ring (bicyclic) bond motifs is 5. The van der Waals surface area contributed by atoms with Crippen LogP contribution in [0.1, 0.15) is 86.0 Å². The molecule has 0 aromatic rings. The Labute approximate surface area is 307 Å². The highest BCUT2D eigenvalue weighted by Gasteiger charge is 2.73. The topological polar surface area (TPSA) is 228 Å². The van der Waals surface area contributed by atoms with Gasteiger partial charge in [0.25, 0.3) is 0 Å². The van der Waals surface area contributed by atoms with Crippen LogP contribution in [-0.4, -0.2) is 152 Å². The number of aliphatic hydroxyl groups is 9. The Morgan fingerprint density at radius 1 is 0.731 bits per heavy atom. The van der Waals surface area contributed by atoms with Gasteiger partial charge in [-0.25, -0.2) is 0 Å². The molecule has 0 aromatic carbocycles. The van der Waals surface area contributed by atoms with E-state index in [1.54, 1.807) is 0 Å². The highest BCUT2D eigenvalue weighted by molar-refractivity contribution is 5.23. The third kappa shape index (κ3) is 6.82. The maximum Gasteiger partial charge on any atom is 0.186 e. The van der Waals surface area contributed by atoms with Gasteiger partial charge in [0.2, 0.25) is 0 Å². The summed E-state index contributed by atoms with van der Waals surface area (Å²) in [6.07, 6.45) is -9.18. The second-order valence-corrected chi connectivity index (χ2v) is 18.1. The fourth-order valence-corrected chi connectivity index (χ4v) is 12.1. The van der Waals surface area contributed by atoms with Crippen molar-refractivity contribution < 1.29 is 69.6 Å². The molecule has 14 heteroatoms. The molecule has 2 heterocycles. The van der Waals surface area contributed by atoms with Crippen LogP contribution < -0.4 is 0 Å². The van der Waals surface area contributed by atoms with Crippen LogP contribution in [-0.2, 0) is 23.7 Å². The molecule has 4 saturated carbocycles. The van der Waals surface area contributed by atoms with Crippen LogP contribution in [0.3, 0.4) is 0 Å². The lowest BCUT2D eigenvalue weighted by Crippen LogP contribution is -2.75. The summed E-state index contributed by atoms with van der Waals surface area (Å²) in [7, 11) is 1.42. The first-order chi connectivity index (χ1) is 24.4. The van der Waals surface area contributed by atoms with E-state index in [-0.39, 0.29) is 48.9 Å². The number of hydrogen-bond donors (Lipinski definition) is 9. The summed E-state index contributed by atoms with van der Waals surface area (Å²) in [5.41, 5.74) is -2.64. The molecule has 0 radical (unpaired) electrons. The molecule has 0 spiro atoms. The molecule has 0 aromatic heterocycles. The lowest BCUT2D eigenvalue weighted by atomic mass is 9.41. The van der Waals surface area contributed by atoms with Gasteiger partial charge in [0.05, 0.1) is 37.6 Å². The summed E-state index contributed by atoms with van der Waals surface area (Å²) in [4.78, 5) is 0. The van der Waals surface area contributed by atoms with Crippen molar-refractivity contribution in [3.8, 4) is 0 Å². The molecule has 302 valence electrons. The molecule has 4 aliphatic carbocycles. The molecule has 0 bridgehead atoms. The molecule has 2 aliphatic heterocycles. The maximum absolute atomic E-state index is 12.7. The number of methoxy groups -OCH3 is 1. The van der Waals surface area contributed by atoms with Crippen molar-refractivity contribution in [2.75, 3.05) is 20.3 Å². The first-order valence-corrected chi connectivity index (χ1v) is 19.6. The molecule has 14 nitrogen and oxygen atoms in total. The second kappa shape index (κ2) is 15.4. The van der Waals surface area contributed by atoms with E-state index in [2.05, 4.69) is 20.8 Å². The lowest BCUT2D eigenvalue weighted by Gasteiger charge is -2.67. The normalized spacial score (nSPS) is 53.5. The summed E-state index contributed by atoms with van der Waals surface area (Å²) >= 11 is 0. The van der Waals surface area contributed by atoms with Crippen molar-refractivity contribution in [3.05, 3.63) is 0 Å². The van der Waals surface area contributed by atoms with E-state index in [0.717, 1.165) is 12.8 Å². The molecule has 9 N–H and O–H groups in total. The largest absolute Gasteiger partial charge is 0.393 e. The van der Waals surface area contributed by atoms with Crippen molar-refractivity contribution in [2.24, 2.45) is 46.3 Å². The van der Waals surface area contributed by atoms with Gasteiger partial charge in [0, 0.05) is 13.0 Å². The van der Waals surface area contributed by atoms with Crippen molar-refractivity contribution in [3.63, 3.8) is 0 Å². The second-order valence-electron chi connectivity index (χ2n) is 18.1. The van der Waals surface area contributed by atoms with Crippen LogP contribution in [0.15, 0.2) is 0 Å². The monoisotopic (exact) mass is 746 g/mol. The van der Waals surface area contributed by atoms with Crippen LogP contribution in [0.25, 0.3) is 0 Å². The number of ether oxygens (including phenoxy) is 5. The fourth-order valence-electron chi connectivity index (χ4n) is 12.1. The van der Waals surface area contributed by atoms with Crippen LogP contribution in [0.5, 0.6) is 0 Å². The van der Waals surface area contributed by atoms with Gasteiger partial charge in [0.1, 0.15) is 48.3 Å². The summed E-state index contributed by atoms with van der Waals surface area (Å²) in [6, 6.07) is 0. The Morgan fingerprint density at radius 2 is 1.38 bits per heavy atom. The molecular weight excluding hydrogens is 680 g/mol. The van der Waals surface area contributed by atoms with Gasteiger partial charge in [-0.1, -0.05) is 34.6 Å². The minimum absolute atomic E-state index is 0.0232. The average molecular weight is 747 g/mol. The minimum Gasteiger partial charge on any atom is -0.393 e. The van der Waals surface area contributed by atoms with Crippen LogP contribution in [0, 0.1) is 46.3 Å². The Morgan fingerprint density at radius 3 is 2.06 bits per heavy atom. The standard InChI is InChI=1S/C38H66O14/c1-17(2)25(51-35-31(30(48-6)24(42)16-50-35)52-34-29(45)28(44)23(41)15-49-34)8-7-18(3)20-14-22(40)32-37(20,5)12-10-26-36(4)11-9-19(39)13-21(36)27(43)33(46)38(26,32)47/h17-35,39-47H,7-16H2,1-6H3/t18-,19+,20-,21-,22+,23-,24-,25+,26-,27-,28+,29-,30+,31-,32-,33-,34+,35+,36+,37-,38+/m1/s1. The van der Waals surface area contributed by atoms with E-state index in [1.165, 1.54) is 7.11 Å². The van der Waals surface area contributed by atoms with Crippen molar-refractivity contribution in [1.82, 2.24) is 0 Å². The van der Waals surface area contributed by atoms with Crippen molar-refractivity contribution in [2.45, 2.75) is 171 Å². The number of hydrogen-bond acceptors (Lipinski definition) is 14. The van der Waals surface area contributed by atoms with E-state index >= 15 is 0 Å². The van der Waals surface area contributed by atoms with E-state index in [9.17, 15) is 46.0 Å². The molecule has 52 heavy (non-hydrogen) atoms. The van der Waals surface area contributed by atoms with E-state index in [4.69, 9.17) is 23.7 Å². The molecule has 21 atom stereocenters. The first kappa shape index (κ1) is 41.1. The van der Waals surface area contributed by atoms with Crippen LogP contribution in [0.2, 0.25) is 0 Å². The van der Waals surface area contributed by atoms with Gasteiger partial charge in [-0.05, 0) is 91.8 Å². The molecule has 6 fully saturated rings. The first-order valence-electron chi connectivity index (χ1n) is 19.6. The van der Waals surface area contributed by atoms with E-state index < -0.39 is 96.0 Å². The lowest BCUT2D eigenvalue weighted by molar-refractivity contribution is -0.351. The summed E-state index contributed by atoms with van der Waals surface area (Å²) in [6.45, 7) is 10.1. The van der Waals surface area contributed by atoms with Gasteiger partial charge in [-0.3, -0.25) is 0 Å². The SMILES string of the molecule is CO[C@@H]1[C@@H](O[C@@H]2OC[C@@H](O)[C@H](O)[C@H]2O)[C@H](O[C@@H](CC[C@@H](C)[C@H]2C[C@H](O)[C@@H]3[C@]2(C)CC[C@@H]2[C@@]4(C)CC[C@H](O)C[C@@H]4[C@@H](O)[C@@H](O)[C@]23O)C(C)C)OC[C@H]1O. The Hall–Kier alpha value is -0.560. The summed E-state index contributed by atoms with van der Waals surface area (Å²) in [5.74, 6) is -1.11. The molecular formula is C38H66O14. The minimum atomic E-state index is -1.67. The smallest absolute Gasteiger partial charge is 0.186 e. The Bertz CT molecular complexity index is 1210. The molecule has 6 aliphatic rings. The zero-order chi connectivity index (χ0) is 38.1. The molecule has 2 saturated heterocycles. The summed E-state index contributed by atoms with van der Waals surface area (Å²) in [5, 5.41) is 99.4. The van der Waals surface area contributed by atoms with Gasteiger partial charge in [-0.2, -0.15) is 0 Å². The van der Waals surface area contributed by atoms with Crippen molar-refractivity contribution >= 4 is 0 Å².